The number of carbonyl (C=O) groups excluding carboxylic acids is 1. The molecule has 6 nitrogen and oxygen atoms in total. The van der Waals surface area contributed by atoms with E-state index in [0.717, 1.165) is 12.1 Å². The lowest BCUT2D eigenvalue weighted by molar-refractivity contribution is -0.137. The number of hydrogen-bond acceptors (Lipinski definition) is 5. The second-order valence-electron chi connectivity index (χ2n) is 7.33. The van der Waals surface area contributed by atoms with E-state index in [0.29, 0.717) is 0 Å². The summed E-state index contributed by atoms with van der Waals surface area (Å²) in [5.74, 6) is -1.99. The molecule has 1 aromatic heterocycles. The van der Waals surface area contributed by atoms with E-state index < -0.39 is 41.0 Å². The topological polar surface area (TPSA) is 84.0 Å². The van der Waals surface area contributed by atoms with Gasteiger partial charge >= 0.3 is 6.18 Å². The molecule has 1 fully saturated rings. The average molecular weight is 466 g/mol. The predicted molar refractivity (Wildman–Crippen MR) is 108 cm³/mol. The first-order valence-electron chi connectivity index (χ1n) is 9.34. The van der Waals surface area contributed by atoms with Crippen molar-refractivity contribution in [3.05, 3.63) is 51.9 Å². The van der Waals surface area contributed by atoms with Gasteiger partial charge in [-0.25, -0.2) is 9.37 Å². The molecule has 1 saturated heterocycles. The third-order valence-corrected chi connectivity index (χ3v) is 5.55. The number of benzene rings is 1. The number of nitrogens with zero attached hydrogens (tertiary/aromatic N) is 5. The monoisotopic (exact) mass is 465 g/mol. The zero-order chi connectivity index (χ0) is 23.8. The van der Waals surface area contributed by atoms with Crippen molar-refractivity contribution in [1.82, 2.24) is 4.98 Å². The maximum Gasteiger partial charge on any atom is 0.417 e. The fourth-order valence-corrected chi connectivity index (χ4v) is 3.82. The van der Waals surface area contributed by atoms with Gasteiger partial charge in [-0.15, -0.1) is 0 Å². The number of amides is 1. The summed E-state index contributed by atoms with van der Waals surface area (Å²) in [4.78, 5) is 19.8. The largest absolute Gasteiger partial charge is 0.417 e. The highest BCUT2D eigenvalue weighted by molar-refractivity contribution is 6.31. The average Bonchev–Trinajstić information content (AvgIpc) is 2.70. The summed E-state index contributed by atoms with van der Waals surface area (Å²) >= 11 is 5.79. The third kappa shape index (κ3) is 4.19. The van der Waals surface area contributed by atoms with Gasteiger partial charge in [-0.05, 0) is 31.2 Å². The second-order valence-corrected chi connectivity index (χ2v) is 7.74. The van der Waals surface area contributed by atoms with Crippen molar-refractivity contribution in [2.24, 2.45) is 5.92 Å². The number of hydrogen-bond donors (Lipinski definition) is 0. The van der Waals surface area contributed by atoms with Crippen LogP contribution in [0.15, 0.2) is 24.3 Å². The van der Waals surface area contributed by atoms with Gasteiger partial charge in [-0.1, -0.05) is 11.6 Å². The van der Waals surface area contributed by atoms with Crippen LogP contribution >= 0.6 is 11.6 Å². The maximum atomic E-state index is 13.5. The van der Waals surface area contributed by atoms with Crippen LogP contribution < -0.4 is 9.80 Å². The van der Waals surface area contributed by atoms with Crippen LogP contribution in [0.1, 0.15) is 23.2 Å². The molecule has 2 aromatic rings. The maximum absolute atomic E-state index is 13.5. The minimum absolute atomic E-state index is 0.0231. The number of alkyl halides is 3. The highest BCUT2D eigenvalue weighted by atomic mass is 35.5. The van der Waals surface area contributed by atoms with Gasteiger partial charge in [0.1, 0.15) is 29.3 Å². The second kappa shape index (κ2) is 8.64. The molecule has 1 aliphatic heterocycles. The van der Waals surface area contributed by atoms with E-state index in [1.807, 2.05) is 6.07 Å². The Labute approximate surface area is 186 Å². The Kier molecular flexibility index (Phi) is 6.29. The molecule has 166 valence electrons. The first-order chi connectivity index (χ1) is 15.0. The van der Waals surface area contributed by atoms with Crippen molar-refractivity contribution in [3.63, 3.8) is 0 Å². The van der Waals surface area contributed by atoms with E-state index >= 15 is 0 Å². The molecule has 0 unspecified atom stereocenters. The Hall–Kier alpha value is -3.37. The first-order valence-corrected chi connectivity index (χ1v) is 9.72. The molecule has 0 bridgehead atoms. The summed E-state index contributed by atoms with van der Waals surface area (Å²) < 4.78 is 54.0. The molecule has 0 spiro atoms. The van der Waals surface area contributed by atoms with Crippen molar-refractivity contribution in [2.45, 2.75) is 25.6 Å². The van der Waals surface area contributed by atoms with Crippen LogP contribution in [0.3, 0.4) is 0 Å². The summed E-state index contributed by atoms with van der Waals surface area (Å²) in [5, 5.41) is 18.3. The van der Waals surface area contributed by atoms with Crippen molar-refractivity contribution in [2.75, 3.05) is 23.4 Å². The minimum Gasteiger partial charge on any atom is -0.343 e. The van der Waals surface area contributed by atoms with Crippen LogP contribution in [0.5, 0.6) is 0 Å². The molecule has 1 amide bonds. The van der Waals surface area contributed by atoms with Gasteiger partial charge in [-0.3, -0.25) is 4.79 Å². The lowest BCUT2D eigenvalue weighted by Crippen LogP contribution is -2.64. The predicted octanol–water partition coefficient (Wildman–Crippen LogP) is 4.45. The lowest BCUT2D eigenvalue weighted by Gasteiger charge is -2.48. The smallest absolute Gasteiger partial charge is 0.343 e. The quantitative estimate of drug-likeness (QED) is 0.623. The SMILES string of the molecule is Cc1cc(C(F)(F)F)c(C#N)c(N2C[C@@H](CC#N)[C@H]2C(=O)N(C)c2ccc(F)c(Cl)c2)n1. The molecule has 2 atom stereocenters. The van der Waals surface area contributed by atoms with Gasteiger partial charge < -0.3 is 9.80 Å². The third-order valence-electron chi connectivity index (χ3n) is 5.26. The molecule has 0 radical (unpaired) electrons. The van der Waals surface area contributed by atoms with E-state index in [4.69, 9.17) is 16.9 Å². The Morgan fingerprint density at radius 1 is 1.34 bits per heavy atom. The Bertz CT molecular complexity index is 1150. The van der Waals surface area contributed by atoms with Crippen LogP contribution in [-0.4, -0.2) is 30.5 Å². The number of nitriles is 2. The van der Waals surface area contributed by atoms with E-state index in [1.165, 1.54) is 35.9 Å². The molecule has 1 aliphatic rings. The number of likely N-dealkylation sites (N-methyl/N-ethyl adjacent to an activating group) is 1. The van der Waals surface area contributed by atoms with Gasteiger partial charge in [0.2, 0.25) is 5.91 Å². The van der Waals surface area contributed by atoms with Gasteiger partial charge in [-0.2, -0.15) is 23.7 Å². The van der Waals surface area contributed by atoms with E-state index in [1.54, 1.807) is 6.07 Å². The summed E-state index contributed by atoms with van der Waals surface area (Å²) in [6.45, 7) is 1.43. The molecule has 32 heavy (non-hydrogen) atoms. The van der Waals surface area contributed by atoms with Crippen molar-refractivity contribution >= 4 is 29.0 Å². The number of carbonyl (C=O) groups is 1. The summed E-state index contributed by atoms with van der Waals surface area (Å²) in [6.07, 6.45) is -4.81. The number of aromatic nitrogens is 1. The Morgan fingerprint density at radius 3 is 2.59 bits per heavy atom. The van der Waals surface area contributed by atoms with Crippen molar-refractivity contribution in [1.29, 1.82) is 10.5 Å². The Balaban J connectivity index is 2.04. The molecule has 2 heterocycles. The summed E-state index contributed by atoms with van der Waals surface area (Å²) in [6, 6.07) is 6.91. The molecule has 0 N–H and O–H groups in total. The van der Waals surface area contributed by atoms with Gasteiger partial charge in [0.05, 0.1) is 16.7 Å². The Morgan fingerprint density at radius 2 is 2.03 bits per heavy atom. The van der Waals surface area contributed by atoms with Crippen molar-refractivity contribution in [3.8, 4) is 12.1 Å². The van der Waals surface area contributed by atoms with Crippen molar-refractivity contribution < 1.29 is 22.4 Å². The highest BCUT2D eigenvalue weighted by Gasteiger charge is 2.48. The summed E-state index contributed by atoms with van der Waals surface area (Å²) in [7, 11) is 1.40. The molecule has 3 rings (SSSR count). The van der Waals surface area contributed by atoms with E-state index in [-0.39, 0.29) is 35.2 Å². The molecule has 0 aliphatic carbocycles. The number of aryl methyl sites for hydroxylation is 1. The van der Waals surface area contributed by atoms with Crippen LogP contribution in [0.4, 0.5) is 29.1 Å². The van der Waals surface area contributed by atoms with Crippen LogP contribution in [0.25, 0.3) is 0 Å². The minimum atomic E-state index is -4.79. The fraction of sp³-hybridized carbons (Fsp3) is 0.333. The summed E-state index contributed by atoms with van der Waals surface area (Å²) in [5.41, 5.74) is -1.54. The van der Waals surface area contributed by atoms with Crippen LogP contribution in [0.2, 0.25) is 5.02 Å². The van der Waals surface area contributed by atoms with Crippen LogP contribution in [-0.2, 0) is 11.0 Å². The molecular formula is C21H16ClF4N5O. The fourth-order valence-electron chi connectivity index (χ4n) is 3.65. The lowest BCUT2D eigenvalue weighted by atomic mass is 9.84. The number of pyridine rings is 1. The number of rotatable bonds is 4. The van der Waals surface area contributed by atoms with Gasteiger partial charge in [0.15, 0.2) is 0 Å². The molecule has 1 aromatic carbocycles. The first kappa shape index (κ1) is 23.3. The van der Waals surface area contributed by atoms with Gasteiger partial charge in [0, 0.05) is 37.3 Å². The van der Waals surface area contributed by atoms with Crippen LogP contribution in [0, 0.1) is 41.3 Å². The molecule has 11 heteroatoms. The zero-order valence-electron chi connectivity index (χ0n) is 16.9. The molecule has 0 saturated carbocycles. The van der Waals surface area contributed by atoms with E-state index in [9.17, 15) is 27.6 Å². The molecular weight excluding hydrogens is 450 g/mol. The number of anilines is 2. The number of halogens is 5. The standard InChI is InChI=1S/C21H16ClF4N5O/c1-11-7-15(21(24,25)26)14(9-28)19(29-11)31-10-12(5-6-27)18(31)20(32)30(2)13-3-4-17(23)16(22)8-13/h3-4,7-8,12,18H,5,10H2,1-2H3/t12-,18+/m1/s1. The normalized spacial score (nSPS) is 17.8. The zero-order valence-corrected chi connectivity index (χ0v) is 17.7. The van der Waals surface area contributed by atoms with E-state index in [2.05, 4.69) is 4.98 Å². The van der Waals surface area contributed by atoms with Gasteiger partial charge in [0.25, 0.3) is 0 Å². The highest BCUT2D eigenvalue weighted by Crippen LogP contribution is 2.40.